The summed E-state index contributed by atoms with van der Waals surface area (Å²) in [5.74, 6) is -0.181. The highest BCUT2D eigenvalue weighted by Crippen LogP contribution is 2.35. The van der Waals surface area contributed by atoms with Crippen molar-refractivity contribution >= 4 is 21.9 Å². The van der Waals surface area contributed by atoms with Crippen LogP contribution in [0.2, 0.25) is 0 Å². The van der Waals surface area contributed by atoms with Gasteiger partial charge in [-0.1, -0.05) is 22.0 Å². The molecule has 4 nitrogen and oxygen atoms in total. The fraction of sp³-hybridized carbons (Fsp3) is 0.417. The normalized spacial score (nSPS) is 15.9. The van der Waals surface area contributed by atoms with Gasteiger partial charge in [-0.3, -0.25) is 4.79 Å². The van der Waals surface area contributed by atoms with Gasteiger partial charge in [0, 0.05) is 16.5 Å². The molecule has 1 aromatic carbocycles. The van der Waals surface area contributed by atoms with E-state index in [1.807, 2.05) is 12.1 Å². The zero-order valence-electron chi connectivity index (χ0n) is 9.28. The molecule has 0 aromatic heterocycles. The maximum Gasteiger partial charge on any atom is 0.320 e. The van der Waals surface area contributed by atoms with Gasteiger partial charge >= 0.3 is 5.97 Å². The van der Waals surface area contributed by atoms with E-state index < -0.39 is 12.0 Å². The van der Waals surface area contributed by atoms with E-state index in [2.05, 4.69) is 15.9 Å². The number of fused-ring (bicyclic) bond motifs is 1. The lowest BCUT2D eigenvalue weighted by Gasteiger charge is -2.22. The Balaban J connectivity index is 2.32. The second kappa shape index (κ2) is 5.06. The monoisotopic (exact) mass is 299 g/mol. The first-order valence-electron chi connectivity index (χ1n) is 5.51. The lowest BCUT2D eigenvalue weighted by Crippen LogP contribution is -2.32. The molecule has 1 aliphatic rings. The van der Waals surface area contributed by atoms with Crippen molar-refractivity contribution in [3.8, 4) is 5.75 Å². The summed E-state index contributed by atoms with van der Waals surface area (Å²) in [4.78, 5) is 10.8. The second-order valence-electron chi connectivity index (χ2n) is 4.12. The van der Waals surface area contributed by atoms with Gasteiger partial charge in [0.25, 0.3) is 0 Å². The summed E-state index contributed by atoms with van der Waals surface area (Å²) in [5, 5.41) is 8.83. The smallest absolute Gasteiger partial charge is 0.320 e. The van der Waals surface area contributed by atoms with Crippen molar-refractivity contribution in [3.63, 3.8) is 0 Å². The van der Waals surface area contributed by atoms with E-state index in [0.717, 1.165) is 34.2 Å². The summed E-state index contributed by atoms with van der Waals surface area (Å²) in [6.45, 7) is 0.679. The van der Waals surface area contributed by atoms with Crippen molar-refractivity contribution < 1.29 is 14.6 Å². The Kier molecular flexibility index (Phi) is 3.69. The minimum absolute atomic E-state index is 0.297. The van der Waals surface area contributed by atoms with E-state index in [1.54, 1.807) is 0 Å². The molecule has 0 amide bonds. The molecule has 1 aromatic rings. The Morgan fingerprint density at radius 1 is 1.59 bits per heavy atom. The van der Waals surface area contributed by atoms with Crippen molar-refractivity contribution in [3.05, 3.63) is 27.7 Å². The molecule has 0 saturated heterocycles. The van der Waals surface area contributed by atoms with Gasteiger partial charge in [0.2, 0.25) is 0 Å². The summed E-state index contributed by atoms with van der Waals surface area (Å²) in [5.41, 5.74) is 7.54. The van der Waals surface area contributed by atoms with Crippen molar-refractivity contribution in [1.82, 2.24) is 0 Å². The third-order valence-electron chi connectivity index (χ3n) is 2.86. The first-order chi connectivity index (χ1) is 8.09. The Labute approximate surface area is 108 Å². The Bertz CT molecular complexity index is 448. The zero-order chi connectivity index (χ0) is 12.4. The highest BCUT2D eigenvalue weighted by atomic mass is 79.9. The van der Waals surface area contributed by atoms with Crippen LogP contribution in [0.4, 0.5) is 0 Å². The molecule has 0 unspecified atom stereocenters. The highest BCUT2D eigenvalue weighted by molar-refractivity contribution is 9.10. The van der Waals surface area contributed by atoms with Crippen LogP contribution in [0.15, 0.2) is 16.6 Å². The summed E-state index contributed by atoms with van der Waals surface area (Å²) in [6, 6.07) is 2.92. The minimum Gasteiger partial charge on any atom is -0.493 e. The molecule has 17 heavy (non-hydrogen) atoms. The van der Waals surface area contributed by atoms with Gasteiger partial charge in [0.15, 0.2) is 0 Å². The standard InChI is InChI=1S/C12H14BrNO3/c13-9-4-3-7(6-10(14)12(15)16)11-8(9)2-1-5-17-11/h3-4,10H,1-2,5-6,14H2,(H,15,16)/t10-/m0/s1. The fourth-order valence-electron chi connectivity index (χ4n) is 1.97. The number of ether oxygens (including phenoxy) is 1. The van der Waals surface area contributed by atoms with Crippen LogP contribution in [0, 0.1) is 0 Å². The topological polar surface area (TPSA) is 72.5 Å². The van der Waals surface area contributed by atoms with Crippen LogP contribution >= 0.6 is 15.9 Å². The van der Waals surface area contributed by atoms with Gasteiger partial charge in [-0.2, -0.15) is 0 Å². The van der Waals surface area contributed by atoms with Gasteiger partial charge in [0.1, 0.15) is 11.8 Å². The number of carbonyl (C=O) groups is 1. The molecule has 5 heteroatoms. The number of halogens is 1. The van der Waals surface area contributed by atoms with Gasteiger partial charge in [-0.15, -0.1) is 0 Å². The van der Waals surface area contributed by atoms with Crippen LogP contribution in [-0.2, 0) is 17.6 Å². The van der Waals surface area contributed by atoms with E-state index in [4.69, 9.17) is 15.6 Å². The summed E-state index contributed by atoms with van der Waals surface area (Å²) < 4.78 is 6.65. The van der Waals surface area contributed by atoms with Crippen LogP contribution < -0.4 is 10.5 Å². The molecule has 1 heterocycles. The van der Waals surface area contributed by atoms with Gasteiger partial charge in [-0.25, -0.2) is 0 Å². The lowest BCUT2D eigenvalue weighted by molar-refractivity contribution is -0.138. The van der Waals surface area contributed by atoms with Crippen molar-refractivity contribution in [2.75, 3.05) is 6.61 Å². The maximum atomic E-state index is 10.8. The predicted molar refractivity (Wildman–Crippen MR) is 67.3 cm³/mol. The first kappa shape index (κ1) is 12.4. The molecule has 1 aliphatic heterocycles. The molecular formula is C12H14BrNO3. The van der Waals surface area contributed by atoms with Crippen molar-refractivity contribution in [2.24, 2.45) is 5.73 Å². The van der Waals surface area contributed by atoms with Crippen LogP contribution in [0.3, 0.4) is 0 Å². The Morgan fingerprint density at radius 3 is 3.06 bits per heavy atom. The summed E-state index contributed by atoms with van der Waals surface area (Å²) in [7, 11) is 0. The van der Waals surface area contributed by atoms with Gasteiger partial charge in [0.05, 0.1) is 6.61 Å². The van der Waals surface area contributed by atoms with E-state index in [1.165, 1.54) is 0 Å². The molecule has 0 spiro atoms. The number of benzene rings is 1. The van der Waals surface area contributed by atoms with E-state index in [0.29, 0.717) is 13.0 Å². The highest BCUT2D eigenvalue weighted by Gasteiger charge is 2.21. The number of hydrogen-bond acceptors (Lipinski definition) is 3. The summed E-state index contributed by atoms with van der Waals surface area (Å²) in [6.07, 6.45) is 2.23. The van der Waals surface area contributed by atoms with Gasteiger partial charge < -0.3 is 15.6 Å². The number of carboxylic acids is 1. The molecule has 0 bridgehead atoms. The Morgan fingerprint density at radius 2 is 2.35 bits per heavy atom. The minimum atomic E-state index is -0.988. The number of carboxylic acid groups (broad SMARTS) is 1. The van der Waals surface area contributed by atoms with E-state index >= 15 is 0 Å². The zero-order valence-corrected chi connectivity index (χ0v) is 10.9. The average molecular weight is 300 g/mol. The fourth-order valence-corrected chi connectivity index (χ4v) is 2.48. The molecule has 0 radical (unpaired) electrons. The maximum absolute atomic E-state index is 10.8. The number of aliphatic carboxylic acids is 1. The molecule has 0 fully saturated rings. The largest absolute Gasteiger partial charge is 0.493 e. The quantitative estimate of drug-likeness (QED) is 0.891. The van der Waals surface area contributed by atoms with Crippen molar-refractivity contribution in [2.45, 2.75) is 25.3 Å². The first-order valence-corrected chi connectivity index (χ1v) is 6.30. The van der Waals surface area contributed by atoms with E-state index in [9.17, 15) is 4.79 Å². The summed E-state index contributed by atoms with van der Waals surface area (Å²) >= 11 is 3.48. The molecule has 92 valence electrons. The Hall–Kier alpha value is -1.07. The molecule has 2 rings (SSSR count). The van der Waals surface area contributed by atoms with Crippen LogP contribution in [-0.4, -0.2) is 23.7 Å². The molecule has 0 saturated carbocycles. The lowest BCUT2D eigenvalue weighted by atomic mass is 9.98. The van der Waals surface area contributed by atoms with Crippen LogP contribution in [0.25, 0.3) is 0 Å². The molecule has 1 atom stereocenters. The third kappa shape index (κ3) is 2.61. The van der Waals surface area contributed by atoms with Crippen LogP contribution in [0.1, 0.15) is 17.5 Å². The predicted octanol–water partition coefficient (Wildman–Crippen LogP) is 1.73. The average Bonchev–Trinajstić information content (AvgIpc) is 2.33. The molecule has 3 N–H and O–H groups in total. The SMILES string of the molecule is N[C@@H](Cc1ccc(Br)c2c1OCCC2)C(=O)O. The van der Waals surface area contributed by atoms with E-state index in [-0.39, 0.29) is 0 Å². The van der Waals surface area contributed by atoms with Gasteiger partial charge in [-0.05, 0) is 24.5 Å². The van der Waals surface area contributed by atoms with Crippen LogP contribution in [0.5, 0.6) is 5.75 Å². The molecular weight excluding hydrogens is 286 g/mol. The molecule has 0 aliphatic carbocycles. The number of nitrogens with two attached hydrogens (primary N) is 1. The third-order valence-corrected chi connectivity index (χ3v) is 3.60. The number of rotatable bonds is 3. The second-order valence-corrected chi connectivity index (χ2v) is 4.97. The van der Waals surface area contributed by atoms with Crippen molar-refractivity contribution in [1.29, 1.82) is 0 Å². The number of hydrogen-bond donors (Lipinski definition) is 2.